The van der Waals surface area contributed by atoms with Crippen LogP contribution in [-0.2, 0) is 0 Å². The first-order valence-electron chi connectivity index (χ1n) is 6.69. The van der Waals surface area contributed by atoms with Gasteiger partial charge in [-0.25, -0.2) is 0 Å². The Morgan fingerprint density at radius 3 is 2.58 bits per heavy atom. The minimum atomic E-state index is -2.99. The second-order valence-corrected chi connectivity index (χ2v) is 6.52. The fourth-order valence-corrected chi connectivity index (χ4v) is 4.02. The first-order valence-corrected chi connectivity index (χ1v) is 8.26. The number of thiophene rings is 1. The van der Waals surface area contributed by atoms with E-state index in [2.05, 4.69) is 10.1 Å². The maximum absolute atomic E-state index is 12.5. The van der Waals surface area contributed by atoms with Crippen molar-refractivity contribution in [2.24, 2.45) is 0 Å². The van der Waals surface area contributed by atoms with Gasteiger partial charge < -0.3 is 10.1 Å². The number of benzene rings is 2. The summed E-state index contributed by atoms with van der Waals surface area (Å²) in [5.74, 6) is -0.654. The lowest BCUT2D eigenvalue weighted by molar-refractivity contribution is -0.0493. The van der Waals surface area contributed by atoms with Crippen molar-refractivity contribution in [3.05, 3.63) is 57.4 Å². The highest BCUT2D eigenvalue weighted by Crippen LogP contribution is 2.40. The molecule has 3 rings (SSSR count). The molecule has 0 saturated carbocycles. The number of fused-ring (bicyclic) bond motifs is 1. The summed E-state index contributed by atoms with van der Waals surface area (Å²) in [6.45, 7) is -2.99. The van der Waals surface area contributed by atoms with Crippen LogP contribution >= 0.6 is 34.5 Å². The summed E-state index contributed by atoms with van der Waals surface area (Å²) in [5, 5.41) is 3.80. The summed E-state index contributed by atoms with van der Waals surface area (Å²) >= 11 is 13.5. The number of halogens is 4. The van der Waals surface area contributed by atoms with Crippen LogP contribution in [-0.4, -0.2) is 12.5 Å². The van der Waals surface area contributed by atoms with E-state index >= 15 is 0 Å². The van der Waals surface area contributed by atoms with E-state index in [9.17, 15) is 13.6 Å². The van der Waals surface area contributed by atoms with Crippen LogP contribution in [0, 0.1) is 0 Å². The number of hydrogen-bond donors (Lipinski definition) is 1. The smallest absolute Gasteiger partial charge is 0.387 e. The molecular formula is C16H9Cl2F2NO2S. The van der Waals surface area contributed by atoms with Crippen molar-refractivity contribution < 1.29 is 18.3 Å². The monoisotopic (exact) mass is 387 g/mol. The molecule has 0 bridgehead atoms. The van der Waals surface area contributed by atoms with Gasteiger partial charge in [-0.2, -0.15) is 8.78 Å². The Kier molecular flexibility index (Phi) is 4.89. The van der Waals surface area contributed by atoms with Gasteiger partial charge in [0.2, 0.25) is 0 Å². The number of hydrogen-bond acceptors (Lipinski definition) is 3. The molecular weight excluding hydrogens is 379 g/mol. The van der Waals surface area contributed by atoms with Gasteiger partial charge in [-0.15, -0.1) is 11.3 Å². The van der Waals surface area contributed by atoms with E-state index in [1.807, 2.05) is 0 Å². The SMILES string of the molecule is O=C(Nc1ccccc1OC(F)F)c1sc2cccc(Cl)c2c1Cl. The minimum Gasteiger partial charge on any atom is -0.433 e. The van der Waals surface area contributed by atoms with Gasteiger partial charge in [0.05, 0.1) is 15.7 Å². The number of amides is 1. The van der Waals surface area contributed by atoms with Crippen LogP contribution < -0.4 is 10.1 Å². The number of para-hydroxylation sites is 2. The Morgan fingerprint density at radius 1 is 1.12 bits per heavy atom. The average molecular weight is 388 g/mol. The molecule has 124 valence electrons. The molecule has 3 nitrogen and oxygen atoms in total. The fourth-order valence-electron chi connectivity index (χ4n) is 2.16. The van der Waals surface area contributed by atoms with Gasteiger partial charge in [0.1, 0.15) is 10.6 Å². The predicted octanol–water partition coefficient (Wildman–Crippen LogP) is 6.06. The zero-order valence-electron chi connectivity index (χ0n) is 11.9. The molecule has 0 radical (unpaired) electrons. The van der Waals surface area contributed by atoms with Crippen LogP contribution in [0.2, 0.25) is 10.0 Å². The summed E-state index contributed by atoms with van der Waals surface area (Å²) in [4.78, 5) is 12.7. The fraction of sp³-hybridized carbons (Fsp3) is 0.0625. The lowest BCUT2D eigenvalue weighted by atomic mass is 10.2. The van der Waals surface area contributed by atoms with E-state index in [0.717, 1.165) is 4.70 Å². The van der Waals surface area contributed by atoms with Crippen molar-refractivity contribution >= 4 is 56.2 Å². The van der Waals surface area contributed by atoms with Gasteiger partial charge in [-0.3, -0.25) is 4.79 Å². The number of anilines is 1. The van der Waals surface area contributed by atoms with Crippen LogP contribution in [0.15, 0.2) is 42.5 Å². The van der Waals surface area contributed by atoms with Gasteiger partial charge in [0.15, 0.2) is 0 Å². The van der Waals surface area contributed by atoms with Crippen molar-refractivity contribution in [2.75, 3.05) is 5.32 Å². The van der Waals surface area contributed by atoms with Gasteiger partial charge in [-0.1, -0.05) is 41.4 Å². The Morgan fingerprint density at radius 2 is 1.88 bits per heavy atom. The van der Waals surface area contributed by atoms with Crippen LogP contribution in [0.5, 0.6) is 5.75 Å². The Hall–Kier alpha value is -1.89. The quantitative estimate of drug-likeness (QED) is 0.590. The summed E-state index contributed by atoms with van der Waals surface area (Å²) < 4.78 is 30.0. The molecule has 2 aromatic carbocycles. The summed E-state index contributed by atoms with van der Waals surface area (Å²) in [6.07, 6.45) is 0. The third-order valence-corrected chi connectivity index (χ3v) is 5.12. The van der Waals surface area contributed by atoms with Crippen LogP contribution in [0.25, 0.3) is 10.1 Å². The normalized spacial score (nSPS) is 11.0. The van der Waals surface area contributed by atoms with Crippen molar-refractivity contribution in [3.63, 3.8) is 0 Å². The van der Waals surface area contributed by atoms with Crippen molar-refractivity contribution in [3.8, 4) is 5.75 Å². The van der Waals surface area contributed by atoms with Gasteiger partial charge in [0.25, 0.3) is 5.91 Å². The van der Waals surface area contributed by atoms with E-state index in [1.54, 1.807) is 24.3 Å². The minimum absolute atomic E-state index is 0.127. The third-order valence-electron chi connectivity index (χ3n) is 3.16. The number of rotatable bonds is 4. The third kappa shape index (κ3) is 3.31. The van der Waals surface area contributed by atoms with Crippen molar-refractivity contribution in [1.82, 2.24) is 0 Å². The molecule has 1 N–H and O–H groups in total. The lowest BCUT2D eigenvalue weighted by Crippen LogP contribution is -2.13. The van der Waals surface area contributed by atoms with E-state index < -0.39 is 12.5 Å². The number of alkyl halides is 2. The van der Waals surface area contributed by atoms with Crippen LogP contribution in [0.4, 0.5) is 14.5 Å². The number of nitrogens with one attached hydrogen (secondary N) is 1. The molecule has 24 heavy (non-hydrogen) atoms. The molecule has 1 aromatic heterocycles. The number of carbonyl (C=O) groups excluding carboxylic acids is 1. The Bertz CT molecular complexity index is 914. The summed E-state index contributed by atoms with van der Waals surface area (Å²) in [7, 11) is 0. The molecule has 0 aliphatic carbocycles. The predicted molar refractivity (Wildman–Crippen MR) is 92.9 cm³/mol. The largest absolute Gasteiger partial charge is 0.433 e. The molecule has 0 aliphatic rings. The molecule has 0 aliphatic heterocycles. The molecule has 1 amide bonds. The first-order chi connectivity index (χ1) is 11.5. The second kappa shape index (κ2) is 6.93. The molecule has 0 unspecified atom stereocenters. The maximum atomic E-state index is 12.5. The highest BCUT2D eigenvalue weighted by Gasteiger charge is 2.20. The highest BCUT2D eigenvalue weighted by molar-refractivity contribution is 7.21. The zero-order valence-corrected chi connectivity index (χ0v) is 14.2. The highest BCUT2D eigenvalue weighted by atomic mass is 35.5. The molecule has 0 atom stereocenters. The summed E-state index contributed by atoms with van der Waals surface area (Å²) in [5.41, 5.74) is 0.127. The standard InChI is InChI=1S/C16H9Cl2F2NO2S/c17-8-4-3-7-11-12(8)13(18)14(24-11)15(22)21-9-5-1-2-6-10(9)23-16(19)20/h1-7,16H,(H,21,22). The molecule has 0 fully saturated rings. The van der Waals surface area contributed by atoms with E-state index in [-0.39, 0.29) is 21.3 Å². The van der Waals surface area contributed by atoms with Gasteiger partial charge in [-0.05, 0) is 24.3 Å². The molecule has 3 aromatic rings. The lowest BCUT2D eigenvalue weighted by Gasteiger charge is -2.11. The number of ether oxygens (including phenoxy) is 1. The molecule has 0 spiro atoms. The maximum Gasteiger partial charge on any atom is 0.387 e. The van der Waals surface area contributed by atoms with Gasteiger partial charge in [0, 0.05) is 10.1 Å². The van der Waals surface area contributed by atoms with Crippen LogP contribution in [0.3, 0.4) is 0 Å². The van der Waals surface area contributed by atoms with E-state index in [4.69, 9.17) is 23.2 Å². The molecule has 1 heterocycles. The van der Waals surface area contributed by atoms with Crippen molar-refractivity contribution in [2.45, 2.75) is 6.61 Å². The number of carbonyl (C=O) groups is 1. The molecule has 0 saturated heterocycles. The Labute approximate surface area is 149 Å². The Balaban J connectivity index is 1.94. The van der Waals surface area contributed by atoms with Crippen molar-refractivity contribution in [1.29, 1.82) is 0 Å². The second-order valence-electron chi connectivity index (χ2n) is 4.69. The molecule has 8 heteroatoms. The topological polar surface area (TPSA) is 38.3 Å². The van der Waals surface area contributed by atoms with Crippen LogP contribution in [0.1, 0.15) is 9.67 Å². The zero-order chi connectivity index (χ0) is 17.3. The average Bonchev–Trinajstić information content (AvgIpc) is 2.87. The summed E-state index contributed by atoms with van der Waals surface area (Å²) in [6, 6.07) is 11.1. The van der Waals surface area contributed by atoms with Gasteiger partial charge >= 0.3 is 6.61 Å². The van der Waals surface area contributed by atoms with E-state index in [0.29, 0.717) is 10.4 Å². The first kappa shape index (κ1) is 17.0. The van der Waals surface area contributed by atoms with E-state index in [1.165, 1.54) is 29.5 Å².